The van der Waals surface area contributed by atoms with Gasteiger partial charge in [0.25, 0.3) is 11.8 Å². The minimum atomic E-state index is -0.369. The number of amides is 3. The van der Waals surface area contributed by atoms with E-state index >= 15 is 0 Å². The summed E-state index contributed by atoms with van der Waals surface area (Å²) >= 11 is 1.57. The number of nitrogens with one attached hydrogen (secondary N) is 1. The van der Waals surface area contributed by atoms with Gasteiger partial charge in [0, 0.05) is 31.1 Å². The Morgan fingerprint density at radius 1 is 1.26 bits per heavy atom. The predicted molar refractivity (Wildman–Crippen MR) is 134 cm³/mol. The number of hydrogen-bond donors (Lipinski definition) is 1. The van der Waals surface area contributed by atoms with Crippen molar-refractivity contribution in [3.63, 3.8) is 0 Å². The Morgan fingerprint density at radius 3 is 2.83 bits per heavy atom. The molecule has 186 valence electrons. The van der Waals surface area contributed by atoms with Crippen LogP contribution < -0.4 is 10.2 Å². The van der Waals surface area contributed by atoms with Gasteiger partial charge in [0.05, 0.1) is 45.6 Å². The van der Waals surface area contributed by atoms with Gasteiger partial charge < -0.3 is 15.0 Å². The number of nitrogens with zero attached hydrogens (tertiary/aromatic N) is 3. The first kappa shape index (κ1) is 23.9. The number of aromatic nitrogens is 1. The van der Waals surface area contributed by atoms with E-state index in [1.165, 1.54) is 4.90 Å². The Labute approximate surface area is 209 Å². The van der Waals surface area contributed by atoms with Crippen LogP contribution in [0.15, 0.2) is 23.6 Å². The van der Waals surface area contributed by atoms with E-state index in [0.29, 0.717) is 43.7 Å². The third kappa shape index (κ3) is 4.71. The van der Waals surface area contributed by atoms with Crippen molar-refractivity contribution in [2.75, 3.05) is 24.6 Å². The van der Waals surface area contributed by atoms with Crippen LogP contribution >= 0.6 is 11.3 Å². The second-order valence-electron chi connectivity index (χ2n) is 10.3. The summed E-state index contributed by atoms with van der Waals surface area (Å²) in [5, 5.41) is 5.96. The average Bonchev–Trinajstić information content (AvgIpc) is 3.37. The summed E-state index contributed by atoms with van der Waals surface area (Å²) in [6.45, 7) is 8.16. The predicted octanol–water partition coefficient (Wildman–Crippen LogP) is 3.54. The molecule has 9 heteroatoms. The molecule has 5 rings (SSSR count). The highest BCUT2D eigenvalue weighted by molar-refractivity contribution is 7.09. The highest BCUT2D eigenvalue weighted by atomic mass is 32.1. The molecule has 1 aromatic heterocycles. The van der Waals surface area contributed by atoms with Gasteiger partial charge in [-0.25, -0.2) is 4.98 Å². The maximum absolute atomic E-state index is 13.6. The molecule has 1 aromatic carbocycles. The van der Waals surface area contributed by atoms with Gasteiger partial charge in [-0.05, 0) is 58.6 Å². The standard InChI is InChI=1S/C26H32N4O4S/c1-16-28-18(15-35-16)13-27-23(31)17-6-5-10-29(14-17)21-8-4-7-20-22(21)25(33)30(24(20)32)19-9-11-34-26(2,3)12-19/h4,7-8,15,17,19H,5-6,9-14H2,1-3H3,(H,27,31)/t17-,19+/m1/s1. The van der Waals surface area contributed by atoms with Crippen LogP contribution in [0.4, 0.5) is 5.69 Å². The zero-order valence-corrected chi connectivity index (χ0v) is 21.3. The van der Waals surface area contributed by atoms with Crippen LogP contribution in [-0.4, -0.2) is 58.9 Å². The SMILES string of the molecule is Cc1nc(CNC(=O)[C@@H]2CCCN(c3cccc4c3C(=O)N([C@H]3CCOC(C)(C)C3)C4=O)C2)cs1. The molecule has 0 unspecified atom stereocenters. The van der Waals surface area contributed by atoms with Gasteiger partial charge in [-0.2, -0.15) is 0 Å². The molecule has 0 spiro atoms. The number of aryl methyl sites for hydroxylation is 1. The summed E-state index contributed by atoms with van der Waals surface area (Å²) in [6.07, 6.45) is 2.91. The fourth-order valence-corrected chi connectivity index (χ4v) is 6.13. The lowest BCUT2D eigenvalue weighted by Gasteiger charge is -2.39. The van der Waals surface area contributed by atoms with Gasteiger partial charge >= 0.3 is 0 Å². The van der Waals surface area contributed by atoms with Crippen molar-refractivity contribution >= 4 is 34.7 Å². The second kappa shape index (κ2) is 9.35. The quantitative estimate of drug-likeness (QED) is 0.637. The first-order valence-electron chi connectivity index (χ1n) is 12.3. The van der Waals surface area contributed by atoms with Crippen molar-refractivity contribution in [2.45, 2.75) is 64.6 Å². The number of benzene rings is 1. The average molecular weight is 497 g/mol. The van der Waals surface area contributed by atoms with E-state index < -0.39 is 0 Å². The Hall–Kier alpha value is -2.78. The van der Waals surface area contributed by atoms with Gasteiger partial charge in [0.2, 0.25) is 5.91 Å². The maximum Gasteiger partial charge on any atom is 0.263 e. The van der Waals surface area contributed by atoms with Crippen molar-refractivity contribution in [3.8, 4) is 0 Å². The van der Waals surface area contributed by atoms with E-state index in [-0.39, 0.29) is 35.3 Å². The minimum absolute atomic E-state index is 0.00129. The van der Waals surface area contributed by atoms with Gasteiger partial charge in [0.15, 0.2) is 0 Å². The normalized spacial score (nSPS) is 24.0. The molecule has 0 aliphatic carbocycles. The Balaban J connectivity index is 1.32. The molecule has 2 fully saturated rings. The molecule has 0 radical (unpaired) electrons. The fraction of sp³-hybridized carbons (Fsp3) is 0.538. The summed E-state index contributed by atoms with van der Waals surface area (Å²) in [7, 11) is 0. The van der Waals surface area contributed by atoms with Crippen LogP contribution in [-0.2, 0) is 16.1 Å². The zero-order chi connectivity index (χ0) is 24.7. The van der Waals surface area contributed by atoms with Crippen LogP contribution in [0.3, 0.4) is 0 Å². The Bertz CT molecular complexity index is 1160. The number of imide groups is 1. The first-order chi connectivity index (χ1) is 16.7. The lowest BCUT2D eigenvalue weighted by Crippen LogP contribution is -2.48. The van der Waals surface area contributed by atoms with Crippen molar-refractivity contribution in [1.29, 1.82) is 0 Å². The smallest absolute Gasteiger partial charge is 0.263 e. The number of piperidine rings is 1. The molecule has 35 heavy (non-hydrogen) atoms. The number of anilines is 1. The molecular weight excluding hydrogens is 464 g/mol. The van der Waals surface area contributed by atoms with E-state index in [9.17, 15) is 14.4 Å². The maximum atomic E-state index is 13.6. The van der Waals surface area contributed by atoms with E-state index in [2.05, 4.69) is 15.2 Å². The van der Waals surface area contributed by atoms with Crippen molar-refractivity contribution in [3.05, 3.63) is 45.4 Å². The molecular formula is C26H32N4O4S. The molecule has 8 nitrogen and oxygen atoms in total. The molecule has 3 aliphatic rings. The number of ether oxygens (including phenoxy) is 1. The molecule has 0 bridgehead atoms. The molecule has 3 amide bonds. The zero-order valence-electron chi connectivity index (χ0n) is 20.5. The van der Waals surface area contributed by atoms with Crippen LogP contribution in [0.25, 0.3) is 0 Å². The topological polar surface area (TPSA) is 91.8 Å². The highest BCUT2D eigenvalue weighted by Gasteiger charge is 2.45. The van der Waals surface area contributed by atoms with Crippen LogP contribution in [0.1, 0.15) is 70.9 Å². The van der Waals surface area contributed by atoms with E-state index in [0.717, 1.165) is 35.8 Å². The monoisotopic (exact) mass is 496 g/mol. The van der Waals surface area contributed by atoms with Crippen LogP contribution in [0.2, 0.25) is 0 Å². The van der Waals surface area contributed by atoms with Crippen molar-refractivity contribution < 1.29 is 19.1 Å². The molecule has 2 saturated heterocycles. The summed E-state index contributed by atoms with van der Waals surface area (Å²) in [5.41, 5.74) is 2.19. The summed E-state index contributed by atoms with van der Waals surface area (Å²) in [4.78, 5) is 47.8. The third-order valence-electron chi connectivity index (χ3n) is 7.20. The van der Waals surface area contributed by atoms with Crippen molar-refractivity contribution in [1.82, 2.24) is 15.2 Å². The number of hydrogen-bond acceptors (Lipinski definition) is 7. The summed E-state index contributed by atoms with van der Waals surface area (Å²) < 4.78 is 5.81. The van der Waals surface area contributed by atoms with Gasteiger partial charge in [-0.3, -0.25) is 19.3 Å². The largest absolute Gasteiger partial charge is 0.375 e. The molecule has 0 saturated carbocycles. The minimum Gasteiger partial charge on any atom is -0.375 e. The number of carbonyl (C=O) groups is 3. The van der Waals surface area contributed by atoms with Crippen molar-refractivity contribution in [2.24, 2.45) is 5.92 Å². The van der Waals surface area contributed by atoms with Crippen LogP contribution in [0, 0.1) is 12.8 Å². The van der Waals surface area contributed by atoms with Gasteiger partial charge in [-0.15, -0.1) is 11.3 Å². The Morgan fingerprint density at radius 2 is 2.09 bits per heavy atom. The number of thiazole rings is 1. The molecule has 2 aromatic rings. The molecule has 4 heterocycles. The Kier molecular flexibility index (Phi) is 6.40. The van der Waals surface area contributed by atoms with E-state index in [1.54, 1.807) is 17.4 Å². The highest BCUT2D eigenvalue weighted by Crippen LogP contribution is 2.38. The molecule has 2 atom stereocenters. The lowest BCUT2D eigenvalue weighted by molar-refractivity contribution is -0.125. The van der Waals surface area contributed by atoms with Crippen LogP contribution in [0.5, 0.6) is 0 Å². The summed E-state index contributed by atoms with van der Waals surface area (Å²) in [5.74, 6) is -0.631. The number of rotatable bonds is 5. The second-order valence-corrected chi connectivity index (χ2v) is 11.4. The molecule has 1 N–H and O–H groups in total. The van der Waals surface area contributed by atoms with E-state index in [1.807, 2.05) is 38.3 Å². The first-order valence-corrected chi connectivity index (χ1v) is 13.2. The number of carbonyl (C=O) groups excluding carboxylic acids is 3. The summed E-state index contributed by atoms with van der Waals surface area (Å²) in [6, 6.07) is 5.31. The van der Waals surface area contributed by atoms with Gasteiger partial charge in [0.1, 0.15) is 0 Å². The fourth-order valence-electron chi connectivity index (χ4n) is 5.52. The van der Waals surface area contributed by atoms with E-state index in [4.69, 9.17) is 4.74 Å². The number of fused-ring (bicyclic) bond motifs is 1. The molecule has 3 aliphatic heterocycles. The lowest BCUT2D eigenvalue weighted by atomic mass is 9.93. The third-order valence-corrected chi connectivity index (χ3v) is 8.03. The van der Waals surface area contributed by atoms with Gasteiger partial charge in [-0.1, -0.05) is 6.07 Å².